The third-order valence-electron chi connectivity index (χ3n) is 6.38. The maximum atomic E-state index is 12.7. The van der Waals surface area contributed by atoms with E-state index in [4.69, 9.17) is 23.7 Å². The number of nitrogens with zero attached hydrogens (tertiary/aromatic N) is 2. The summed E-state index contributed by atoms with van der Waals surface area (Å²) in [5.41, 5.74) is 1.87. The van der Waals surface area contributed by atoms with E-state index in [0.29, 0.717) is 23.9 Å². The van der Waals surface area contributed by atoms with Gasteiger partial charge >= 0.3 is 6.09 Å². The quantitative estimate of drug-likeness (QED) is 0.353. The molecule has 1 saturated heterocycles. The van der Waals surface area contributed by atoms with E-state index < -0.39 is 23.5 Å². The van der Waals surface area contributed by atoms with Crippen LogP contribution in [-0.2, 0) is 9.53 Å². The summed E-state index contributed by atoms with van der Waals surface area (Å²) in [6, 6.07) is 10.9. The van der Waals surface area contributed by atoms with Crippen LogP contribution in [0, 0.1) is 5.92 Å². The highest BCUT2D eigenvalue weighted by molar-refractivity contribution is 6.15. The number of fused-ring (bicyclic) bond motifs is 2. The van der Waals surface area contributed by atoms with Gasteiger partial charge in [0, 0.05) is 24.4 Å². The fourth-order valence-electron chi connectivity index (χ4n) is 4.65. The van der Waals surface area contributed by atoms with Crippen LogP contribution in [0.3, 0.4) is 0 Å². The SMILES string of the molecule is C.C.CC(C)(C)OC(=O)N1CCC(C(=O)c2cccc3c2OCO3)C1=O.c1cc2c(c(C3=NCCC3)c1)OCO2. The van der Waals surface area contributed by atoms with Gasteiger partial charge in [0.25, 0.3) is 0 Å². The van der Waals surface area contributed by atoms with E-state index in [1.165, 1.54) is 0 Å². The third-order valence-corrected chi connectivity index (χ3v) is 6.38. The number of para-hydroxylation sites is 2. The summed E-state index contributed by atoms with van der Waals surface area (Å²) in [6.45, 7) is 6.65. The molecule has 40 heavy (non-hydrogen) atoms. The number of rotatable bonds is 3. The molecule has 2 amide bonds. The summed E-state index contributed by atoms with van der Waals surface area (Å²) < 4.78 is 26.5. The van der Waals surface area contributed by atoms with Crippen molar-refractivity contribution in [1.82, 2.24) is 4.90 Å². The highest BCUT2D eigenvalue weighted by Crippen LogP contribution is 2.38. The number of aliphatic imine (C=N–C) groups is 1. The first-order chi connectivity index (χ1) is 18.2. The number of ketones is 1. The van der Waals surface area contributed by atoms with Crippen molar-refractivity contribution in [3.63, 3.8) is 0 Å². The molecule has 1 unspecified atom stereocenters. The lowest BCUT2D eigenvalue weighted by Gasteiger charge is -2.23. The number of imide groups is 1. The lowest BCUT2D eigenvalue weighted by Crippen LogP contribution is -2.39. The number of amides is 2. The molecule has 1 fully saturated rings. The van der Waals surface area contributed by atoms with Gasteiger partial charge in [-0.1, -0.05) is 27.0 Å². The molecule has 0 aliphatic carbocycles. The average Bonchev–Trinajstić information content (AvgIpc) is 3.69. The summed E-state index contributed by atoms with van der Waals surface area (Å²) in [4.78, 5) is 42.8. The predicted octanol–water partition coefficient (Wildman–Crippen LogP) is 5.65. The van der Waals surface area contributed by atoms with Crippen LogP contribution in [0.25, 0.3) is 0 Å². The molecule has 1 atom stereocenters. The molecule has 10 nitrogen and oxygen atoms in total. The molecular formula is C30H38N2O8. The van der Waals surface area contributed by atoms with Crippen molar-refractivity contribution in [2.45, 2.75) is 60.5 Å². The molecule has 216 valence electrons. The molecule has 0 saturated carbocycles. The van der Waals surface area contributed by atoms with E-state index in [1.807, 2.05) is 12.1 Å². The number of carbonyl (C=O) groups is 3. The fourth-order valence-corrected chi connectivity index (χ4v) is 4.65. The largest absolute Gasteiger partial charge is 0.454 e. The van der Waals surface area contributed by atoms with Crippen LogP contribution in [-0.4, -0.2) is 60.7 Å². The van der Waals surface area contributed by atoms with Crippen molar-refractivity contribution in [1.29, 1.82) is 0 Å². The van der Waals surface area contributed by atoms with Gasteiger partial charge < -0.3 is 23.7 Å². The molecule has 2 aromatic carbocycles. The highest BCUT2D eigenvalue weighted by atomic mass is 16.7. The number of carbonyl (C=O) groups excluding carboxylic acids is 3. The molecule has 6 rings (SSSR count). The monoisotopic (exact) mass is 554 g/mol. The van der Waals surface area contributed by atoms with Gasteiger partial charge in [0.2, 0.25) is 19.5 Å². The average molecular weight is 555 g/mol. The predicted molar refractivity (Wildman–Crippen MR) is 150 cm³/mol. The molecule has 0 aromatic heterocycles. The summed E-state index contributed by atoms with van der Waals surface area (Å²) in [5.74, 6) is 0.735. The van der Waals surface area contributed by atoms with Crippen molar-refractivity contribution >= 4 is 23.5 Å². The highest BCUT2D eigenvalue weighted by Gasteiger charge is 2.43. The van der Waals surface area contributed by atoms with Crippen LogP contribution in [0.4, 0.5) is 4.79 Å². The number of Topliss-reactive ketones (excluding diaryl/α,β-unsaturated/α-hetero) is 1. The van der Waals surface area contributed by atoms with E-state index in [2.05, 4.69) is 11.1 Å². The fraction of sp³-hybridized carbons (Fsp3) is 0.467. The molecule has 0 bridgehead atoms. The van der Waals surface area contributed by atoms with Crippen LogP contribution in [0.2, 0.25) is 0 Å². The standard InChI is InChI=1S/C17H19NO6.C11H11NO2.2CH4/c1-17(2,3)24-16(21)18-8-7-11(15(18)20)13(19)10-5-4-6-12-14(10)23-9-22-12;1-3-8(9-4-2-6-12-9)11-10(5-1)13-7-14-11;;/h4-6,11H,7-9H2,1-3H3;1,3,5H,2,4,6-7H2;2*1H4. The lowest BCUT2D eigenvalue weighted by molar-refractivity contribution is -0.129. The normalized spacial score (nSPS) is 18.2. The van der Waals surface area contributed by atoms with Gasteiger partial charge in [-0.3, -0.25) is 14.6 Å². The second-order valence-electron chi connectivity index (χ2n) is 10.2. The summed E-state index contributed by atoms with van der Waals surface area (Å²) in [5, 5.41) is 0. The summed E-state index contributed by atoms with van der Waals surface area (Å²) in [7, 11) is 0. The Morgan fingerprint density at radius 2 is 1.60 bits per heavy atom. The smallest absolute Gasteiger partial charge is 0.417 e. The van der Waals surface area contributed by atoms with Crippen LogP contribution >= 0.6 is 0 Å². The summed E-state index contributed by atoms with van der Waals surface area (Å²) in [6.07, 6.45) is 1.75. The second-order valence-corrected chi connectivity index (χ2v) is 10.2. The summed E-state index contributed by atoms with van der Waals surface area (Å²) >= 11 is 0. The maximum absolute atomic E-state index is 12.7. The minimum atomic E-state index is -0.909. The van der Waals surface area contributed by atoms with Gasteiger partial charge in [0.15, 0.2) is 28.8 Å². The van der Waals surface area contributed by atoms with E-state index in [9.17, 15) is 14.4 Å². The molecule has 4 aliphatic heterocycles. The Labute approximate surface area is 235 Å². The Hall–Kier alpha value is -4.08. The molecule has 0 N–H and O–H groups in total. The Morgan fingerprint density at radius 1 is 0.950 bits per heavy atom. The molecular weight excluding hydrogens is 516 g/mol. The number of hydrogen-bond donors (Lipinski definition) is 0. The van der Waals surface area contributed by atoms with Crippen LogP contribution in [0.15, 0.2) is 41.4 Å². The molecule has 4 heterocycles. The van der Waals surface area contributed by atoms with Gasteiger partial charge in [0.05, 0.1) is 5.56 Å². The van der Waals surface area contributed by atoms with Crippen LogP contribution in [0.1, 0.15) is 70.8 Å². The minimum absolute atomic E-state index is 0. The molecule has 0 spiro atoms. The van der Waals surface area contributed by atoms with Gasteiger partial charge in [-0.15, -0.1) is 0 Å². The lowest BCUT2D eigenvalue weighted by atomic mass is 9.95. The number of ether oxygens (including phenoxy) is 5. The van der Waals surface area contributed by atoms with Crippen molar-refractivity contribution in [2.75, 3.05) is 26.7 Å². The first-order valence-corrected chi connectivity index (χ1v) is 12.6. The molecule has 4 aliphatic rings. The van der Waals surface area contributed by atoms with Crippen LogP contribution < -0.4 is 18.9 Å². The minimum Gasteiger partial charge on any atom is -0.454 e. The Bertz CT molecular complexity index is 1300. The van der Waals surface area contributed by atoms with Crippen molar-refractivity contribution in [3.05, 3.63) is 47.5 Å². The maximum Gasteiger partial charge on any atom is 0.417 e. The third kappa shape index (κ3) is 6.21. The van der Waals surface area contributed by atoms with Gasteiger partial charge in [0.1, 0.15) is 11.5 Å². The van der Waals surface area contributed by atoms with Gasteiger partial charge in [-0.2, -0.15) is 0 Å². The van der Waals surface area contributed by atoms with Crippen LogP contribution in [0.5, 0.6) is 23.0 Å². The van der Waals surface area contributed by atoms with Gasteiger partial charge in [-0.25, -0.2) is 9.69 Å². The van der Waals surface area contributed by atoms with E-state index in [1.54, 1.807) is 39.0 Å². The zero-order chi connectivity index (χ0) is 26.9. The first-order valence-electron chi connectivity index (χ1n) is 12.6. The Kier molecular flexibility index (Phi) is 9.44. The molecule has 10 heteroatoms. The van der Waals surface area contributed by atoms with E-state index >= 15 is 0 Å². The Balaban J connectivity index is 0.000000235. The number of benzene rings is 2. The van der Waals surface area contributed by atoms with Crippen molar-refractivity contribution in [2.24, 2.45) is 10.9 Å². The number of likely N-dealkylation sites (tertiary alicyclic amines) is 1. The number of hydrogen-bond acceptors (Lipinski definition) is 9. The molecule has 0 radical (unpaired) electrons. The van der Waals surface area contributed by atoms with Gasteiger partial charge in [-0.05, 0) is 64.3 Å². The van der Waals surface area contributed by atoms with E-state index in [-0.39, 0.29) is 40.4 Å². The molecule has 2 aromatic rings. The van der Waals surface area contributed by atoms with E-state index in [0.717, 1.165) is 47.1 Å². The second kappa shape index (κ2) is 12.4. The van der Waals surface area contributed by atoms with Crippen molar-refractivity contribution in [3.8, 4) is 23.0 Å². The van der Waals surface area contributed by atoms with Crippen molar-refractivity contribution < 1.29 is 38.1 Å². The Morgan fingerprint density at radius 3 is 2.25 bits per heavy atom. The zero-order valence-electron chi connectivity index (χ0n) is 21.7. The zero-order valence-corrected chi connectivity index (χ0v) is 21.7. The topological polar surface area (TPSA) is 113 Å². The first kappa shape index (κ1) is 30.5.